The fourth-order valence-electron chi connectivity index (χ4n) is 3.57. The van der Waals surface area contributed by atoms with Gasteiger partial charge in [0, 0.05) is 12.2 Å². The number of anilines is 1. The Bertz CT molecular complexity index is 1030. The smallest absolute Gasteiger partial charge is 0.408 e. The number of rotatable bonds is 9. The Morgan fingerprint density at radius 2 is 1.57 bits per heavy atom. The zero-order valence-corrected chi connectivity index (χ0v) is 20.9. The molecule has 0 spiro atoms. The Morgan fingerprint density at radius 3 is 2.11 bits per heavy atom. The molecule has 190 valence electrons. The SMILES string of the molecule is Cc1ccccc1NC(=O)C(c1ccccc1C)N(CCO)C(=O)C(CO)NC(=O)OC(C)(C)C. The molecule has 0 bridgehead atoms. The number of nitrogens with one attached hydrogen (secondary N) is 2. The minimum absolute atomic E-state index is 0.203. The molecule has 0 aromatic heterocycles. The van der Waals surface area contributed by atoms with E-state index in [1.165, 1.54) is 0 Å². The standard InChI is InChI=1S/C26H35N3O6/c1-17-10-6-8-12-19(17)22(23(32)27-20-13-9-7-11-18(20)2)29(14-15-30)24(33)21(16-31)28-25(34)35-26(3,4)5/h6-13,21-22,30-31H,14-16H2,1-5H3,(H,27,32)(H,28,34). The first kappa shape index (κ1) is 27.8. The topological polar surface area (TPSA) is 128 Å². The zero-order valence-electron chi connectivity index (χ0n) is 20.9. The predicted octanol–water partition coefficient (Wildman–Crippen LogP) is 2.69. The summed E-state index contributed by atoms with van der Waals surface area (Å²) in [7, 11) is 0. The molecule has 0 aliphatic carbocycles. The average molecular weight is 486 g/mol. The van der Waals surface area contributed by atoms with Crippen molar-refractivity contribution in [2.24, 2.45) is 0 Å². The number of ether oxygens (including phenoxy) is 1. The van der Waals surface area contributed by atoms with Gasteiger partial charge in [-0.1, -0.05) is 42.5 Å². The van der Waals surface area contributed by atoms with E-state index in [1.807, 2.05) is 38.1 Å². The lowest BCUT2D eigenvalue weighted by molar-refractivity contribution is -0.142. The summed E-state index contributed by atoms with van der Waals surface area (Å²) >= 11 is 0. The van der Waals surface area contributed by atoms with Gasteiger partial charge in [0.2, 0.25) is 5.91 Å². The number of benzene rings is 2. The van der Waals surface area contributed by atoms with Gasteiger partial charge >= 0.3 is 6.09 Å². The van der Waals surface area contributed by atoms with Gasteiger partial charge in [-0.3, -0.25) is 9.59 Å². The first-order chi connectivity index (χ1) is 16.5. The fraction of sp³-hybridized carbons (Fsp3) is 0.423. The van der Waals surface area contributed by atoms with E-state index in [0.717, 1.165) is 16.0 Å². The van der Waals surface area contributed by atoms with E-state index in [1.54, 1.807) is 45.0 Å². The summed E-state index contributed by atoms with van der Waals surface area (Å²) in [6, 6.07) is 11.8. The number of aliphatic hydroxyl groups excluding tert-OH is 2. The molecule has 2 unspecified atom stereocenters. The molecule has 2 rings (SSSR count). The van der Waals surface area contributed by atoms with Crippen LogP contribution in [0.5, 0.6) is 0 Å². The van der Waals surface area contributed by atoms with Crippen molar-refractivity contribution in [1.82, 2.24) is 10.2 Å². The van der Waals surface area contributed by atoms with Crippen molar-refractivity contribution < 1.29 is 29.3 Å². The van der Waals surface area contributed by atoms with Gasteiger partial charge in [-0.15, -0.1) is 0 Å². The number of para-hydroxylation sites is 1. The van der Waals surface area contributed by atoms with Gasteiger partial charge < -0.3 is 30.5 Å². The van der Waals surface area contributed by atoms with Gasteiger partial charge in [-0.25, -0.2) is 4.79 Å². The molecule has 2 aromatic rings. The third kappa shape index (κ3) is 7.80. The lowest BCUT2D eigenvalue weighted by atomic mass is 9.98. The number of aliphatic hydroxyl groups is 2. The molecule has 2 aromatic carbocycles. The van der Waals surface area contributed by atoms with E-state index < -0.39 is 48.8 Å². The number of carbonyl (C=O) groups excluding carboxylic acids is 3. The van der Waals surface area contributed by atoms with Crippen LogP contribution in [0.2, 0.25) is 0 Å². The van der Waals surface area contributed by atoms with Crippen LogP contribution in [0.4, 0.5) is 10.5 Å². The lowest BCUT2D eigenvalue weighted by Gasteiger charge is -2.34. The van der Waals surface area contributed by atoms with E-state index >= 15 is 0 Å². The van der Waals surface area contributed by atoms with Crippen molar-refractivity contribution in [1.29, 1.82) is 0 Å². The minimum Gasteiger partial charge on any atom is -0.444 e. The molecule has 0 fully saturated rings. The molecule has 0 saturated heterocycles. The highest BCUT2D eigenvalue weighted by Gasteiger charge is 2.36. The predicted molar refractivity (Wildman–Crippen MR) is 133 cm³/mol. The minimum atomic E-state index is -1.38. The van der Waals surface area contributed by atoms with Crippen LogP contribution in [0, 0.1) is 13.8 Å². The van der Waals surface area contributed by atoms with E-state index in [4.69, 9.17) is 4.74 Å². The third-order valence-electron chi connectivity index (χ3n) is 5.24. The van der Waals surface area contributed by atoms with Crippen LogP contribution < -0.4 is 10.6 Å². The number of aryl methyl sites for hydroxylation is 2. The van der Waals surface area contributed by atoms with Crippen LogP contribution in [-0.2, 0) is 14.3 Å². The second-order valence-corrected chi connectivity index (χ2v) is 9.20. The summed E-state index contributed by atoms with van der Waals surface area (Å²) in [6.07, 6.45) is -0.884. The molecule has 0 heterocycles. The van der Waals surface area contributed by atoms with Crippen LogP contribution in [0.3, 0.4) is 0 Å². The first-order valence-corrected chi connectivity index (χ1v) is 11.4. The van der Waals surface area contributed by atoms with Crippen molar-refractivity contribution in [3.8, 4) is 0 Å². The van der Waals surface area contributed by atoms with Crippen LogP contribution in [0.15, 0.2) is 48.5 Å². The zero-order chi connectivity index (χ0) is 26.2. The van der Waals surface area contributed by atoms with Gasteiger partial charge in [0.05, 0.1) is 13.2 Å². The molecule has 9 nitrogen and oxygen atoms in total. The quantitative estimate of drug-likeness (QED) is 0.432. The molecular formula is C26H35N3O6. The van der Waals surface area contributed by atoms with E-state index in [9.17, 15) is 24.6 Å². The molecule has 0 radical (unpaired) electrons. The Labute approximate surface area is 206 Å². The molecule has 3 amide bonds. The summed E-state index contributed by atoms with van der Waals surface area (Å²) < 4.78 is 5.20. The first-order valence-electron chi connectivity index (χ1n) is 11.4. The van der Waals surface area contributed by atoms with Crippen LogP contribution in [0.25, 0.3) is 0 Å². The van der Waals surface area contributed by atoms with Crippen molar-refractivity contribution in [3.63, 3.8) is 0 Å². The number of amides is 3. The average Bonchev–Trinajstić information content (AvgIpc) is 2.78. The Balaban J connectivity index is 2.45. The van der Waals surface area contributed by atoms with Crippen LogP contribution >= 0.6 is 0 Å². The number of nitrogens with zero attached hydrogens (tertiary/aromatic N) is 1. The van der Waals surface area contributed by atoms with Gasteiger partial charge in [0.15, 0.2) is 0 Å². The summed E-state index contributed by atoms with van der Waals surface area (Å²) in [5.41, 5.74) is 1.92. The molecule has 9 heteroatoms. The lowest BCUT2D eigenvalue weighted by Crippen LogP contribution is -2.54. The van der Waals surface area contributed by atoms with Gasteiger partial charge in [-0.2, -0.15) is 0 Å². The fourth-order valence-corrected chi connectivity index (χ4v) is 3.57. The van der Waals surface area contributed by atoms with Crippen LogP contribution in [0.1, 0.15) is 43.5 Å². The molecule has 0 saturated carbocycles. The monoisotopic (exact) mass is 485 g/mol. The molecule has 2 atom stereocenters. The maximum absolute atomic E-state index is 13.6. The molecule has 0 aliphatic rings. The summed E-state index contributed by atoms with van der Waals surface area (Å²) in [4.78, 5) is 40.6. The highest BCUT2D eigenvalue weighted by Crippen LogP contribution is 2.27. The molecular weight excluding hydrogens is 450 g/mol. The third-order valence-corrected chi connectivity index (χ3v) is 5.24. The Hall–Kier alpha value is -3.43. The van der Waals surface area contributed by atoms with E-state index in [2.05, 4.69) is 10.6 Å². The molecule has 0 aliphatic heterocycles. The molecule has 35 heavy (non-hydrogen) atoms. The van der Waals surface area contributed by atoms with Crippen molar-refractivity contribution >= 4 is 23.6 Å². The number of alkyl carbamates (subject to hydrolysis) is 1. The highest BCUT2D eigenvalue weighted by atomic mass is 16.6. The Morgan fingerprint density at radius 1 is 0.971 bits per heavy atom. The van der Waals surface area contributed by atoms with E-state index in [-0.39, 0.29) is 6.54 Å². The maximum Gasteiger partial charge on any atom is 0.408 e. The largest absolute Gasteiger partial charge is 0.444 e. The summed E-state index contributed by atoms with van der Waals surface area (Å²) in [5, 5.41) is 24.9. The second kappa shape index (κ2) is 12.3. The van der Waals surface area contributed by atoms with Crippen molar-refractivity contribution in [2.75, 3.05) is 25.1 Å². The second-order valence-electron chi connectivity index (χ2n) is 9.20. The van der Waals surface area contributed by atoms with Gasteiger partial charge in [0.1, 0.15) is 17.7 Å². The van der Waals surface area contributed by atoms with Crippen molar-refractivity contribution in [3.05, 3.63) is 65.2 Å². The Kier molecular flexibility index (Phi) is 9.79. The normalized spacial score (nSPS) is 12.9. The number of carbonyl (C=O) groups is 3. The summed E-state index contributed by atoms with van der Waals surface area (Å²) in [6.45, 7) is 7.32. The maximum atomic E-state index is 13.6. The highest BCUT2D eigenvalue weighted by molar-refractivity contribution is 5.99. The van der Waals surface area contributed by atoms with Crippen molar-refractivity contribution in [2.45, 2.75) is 52.3 Å². The van der Waals surface area contributed by atoms with Gasteiger partial charge in [-0.05, 0) is 57.4 Å². The van der Waals surface area contributed by atoms with Gasteiger partial charge in [0.25, 0.3) is 5.91 Å². The summed E-state index contributed by atoms with van der Waals surface area (Å²) in [5.74, 6) is -1.23. The molecule has 4 N–H and O–H groups in total. The number of hydrogen-bond donors (Lipinski definition) is 4. The van der Waals surface area contributed by atoms with E-state index in [0.29, 0.717) is 11.3 Å². The number of hydrogen-bond acceptors (Lipinski definition) is 6. The van der Waals surface area contributed by atoms with Crippen LogP contribution in [-0.4, -0.2) is 64.4 Å².